The highest BCUT2D eigenvalue weighted by Crippen LogP contribution is 2.30. The van der Waals surface area contributed by atoms with Gasteiger partial charge >= 0.3 is 5.97 Å². The summed E-state index contributed by atoms with van der Waals surface area (Å²) in [7, 11) is 0. The van der Waals surface area contributed by atoms with Crippen LogP contribution in [0.15, 0.2) is 36.4 Å². The van der Waals surface area contributed by atoms with Gasteiger partial charge in [-0.2, -0.15) is 0 Å². The second-order valence-corrected chi connectivity index (χ2v) is 6.56. The summed E-state index contributed by atoms with van der Waals surface area (Å²) in [5.41, 5.74) is 1.46. The summed E-state index contributed by atoms with van der Waals surface area (Å²) in [5.74, 6) is 0.219. The zero-order valence-corrected chi connectivity index (χ0v) is 13.6. The van der Waals surface area contributed by atoms with Crippen LogP contribution in [0.25, 0.3) is 10.8 Å². The fourth-order valence-electron chi connectivity index (χ4n) is 2.48. The number of rotatable bonds is 3. The van der Waals surface area contributed by atoms with Crippen LogP contribution in [-0.4, -0.2) is 11.6 Å². The van der Waals surface area contributed by atoms with Crippen LogP contribution >= 0.6 is 0 Å². The van der Waals surface area contributed by atoms with Gasteiger partial charge < -0.3 is 4.74 Å². The van der Waals surface area contributed by atoms with E-state index in [0.717, 1.165) is 17.2 Å². The molecule has 2 rings (SSSR count). The van der Waals surface area contributed by atoms with Gasteiger partial charge in [-0.3, -0.25) is 0 Å². The number of esters is 1. The van der Waals surface area contributed by atoms with Crippen molar-refractivity contribution in [1.29, 1.82) is 0 Å². The van der Waals surface area contributed by atoms with Gasteiger partial charge in [-0.15, -0.1) is 0 Å². The van der Waals surface area contributed by atoms with Crippen LogP contribution in [0.2, 0.25) is 0 Å². The van der Waals surface area contributed by atoms with E-state index in [2.05, 4.69) is 26.0 Å². The van der Waals surface area contributed by atoms with Gasteiger partial charge in [-0.05, 0) is 55.5 Å². The molecule has 0 aliphatic rings. The smallest absolute Gasteiger partial charge is 0.339 e. The Morgan fingerprint density at radius 1 is 1.10 bits per heavy atom. The standard InChI is InChI=1S/C19H24O2/c1-6-13(2)14-11-12-17(18(20)21-19(3,4)5)16-10-8-7-9-15(14)16/h7-13H,6H2,1-5H3. The number of carbonyl (C=O) groups is 1. The normalized spacial score (nSPS) is 13.2. The van der Waals surface area contributed by atoms with Crippen molar-refractivity contribution in [2.45, 2.75) is 52.6 Å². The van der Waals surface area contributed by atoms with Gasteiger partial charge in [0, 0.05) is 0 Å². The third-order valence-corrected chi connectivity index (χ3v) is 3.72. The average molecular weight is 284 g/mol. The molecule has 2 aromatic rings. The van der Waals surface area contributed by atoms with Gasteiger partial charge in [-0.1, -0.05) is 44.2 Å². The first kappa shape index (κ1) is 15.6. The van der Waals surface area contributed by atoms with Crippen LogP contribution in [0.4, 0.5) is 0 Å². The van der Waals surface area contributed by atoms with Gasteiger partial charge in [-0.25, -0.2) is 4.79 Å². The summed E-state index contributed by atoms with van der Waals surface area (Å²) in [6, 6.07) is 12.0. The molecule has 0 saturated carbocycles. The Morgan fingerprint density at radius 3 is 2.29 bits per heavy atom. The van der Waals surface area contributed by atoms with Crippen molar-refractivity contribution in [3.05, 3.63) is 47.5 Å². The molecule has 0 aliphatic carbocycles. The van der Waals surface area contributed by atoms with Gasteiger partial charge in [0.1, 0.15) is 5.60 Å². The molecule has 0 radical (unpaired) electrons. The van der Waals surface area contributed by atoms with E-state index < -0.39 is 5.60 Å². The molecule has 2 heteroatoms. The second kappa shape index (κ2) is 5.88. The Hall–Kier alpha value is -1.83. The van der Waals surface area contributed by atoms with E-state index in [-0.39, 0.29) is 5.97 Å². The van der Waals surface area contributed by atoms with Crippen molar-refractivity contribution in [2.75, 3.05) is 0 Å². The Kier molecular flexibility index (Phi) is 4.36. The lowest BCUT2D eigenvalue weighted by atomic mass is 9.91. The molecule has 0 N–H and O–H groups in total. The highest BCUT2D eigenvalue weighted by atomic mass is 16.6. The van der Waals surface area contributed by atoms with E-state index in [1.807, 2.05) is 45.0 Å². The molecule has 0 amide bonds. The van der Waals surface area contributed by atoms with Crippen molar-refractivity contribution in [3.63, 3.8) is 0 Å². The molecule has 0 aliphatic heterocycles. The zero-order valence-electron chi connectivity index (χ0n) is 13.6. The quantitative estimate of drug-likeness (QED) is 0.714. The third-order valence-electron chi connectivity index (χ3n) is 3.72. The van der Waals surface area contributed by atoms with E-state index in [4.69, 9.17) is 4.74 Å². The molecule has 1 unspecified atom stereocenters. The van der Waals surface area contributed by atoms with Crippen molar-refractivity contribution in [2.24, 2.45) is 0 Å². The molecular formula is C19H24O2. The van der Waals surface area contributed by atoms with Crippen LogP contribution in [0.3, 0.4) is 0 Å². The maximum absolute atomic E-state index is 12.4. The Labute approximate surface area is 127 Å². The highest BCUT2D eigenvalue weighted by molar-refractivity contribution is 6.05. The van der Waals surface area contributed by atoms with Crippen molar-refractivity contribution < 1.29 is 9.53 Å². The lowest BCUT2D eigenvalue weighted by Crippen LogP contribution is -2.24. The lowest BCUT2D eigenvalue weighted by molar-refractivity contribution is 0.00718. The molecule has 21 heavy (non-hydrogen) atoms. The minimum absolute atomic E-state index is 0.255. The van der Waals surface area contributed by atoms with E-state index in [0.29, 0.717) is 11.5 Å². The summed E-state index contributed by atoms with van der Waals surface area (Å²) >= 11 is 0. The number of hydrogen-bond donors (Lipinski definition) is 0. The monoisotopic (exact) mass is 284 g/mol. The largest absolute Gasteiger partial charge is 0.456 e. The van der Waals surface area contributed by atoms with Crippen molar-refractivity contribution in [1.82, 2.24) is 0 Å². The third kappa shape index (κ3) is 3.44. The van der Waals surface area contributed by atoms with Crippen molar-refractivity contribution >= 4 is 16.7 Å². The van der Waals surface area contributed by atoms with Crippen LogP contribution < -0.4 is 0 Å². The molecule has 2 aromatic carbocycles. The number of hydrogen-bond acceptors (Lipinski definition) is 2. The van der Waals surface area contributed by atoms with Crippen molar-refractivity contribution in [3.8, 4) is 0 Å². The molecule has 0 fully saturated rings. The van der Waals surface area contributed by atoms with Crippen LogP contribution in [-0.2, 0) is 4.74 Å². The van der Waals surface area contributed by atoms with E-state index in [1.165, 1.54) is 5.56 Å². The zero-order chi connectivity index (χ0) is 15.6. The summed E-state index contributed by atoms with van der Waals surface area (Å²) in [4.78, 5) is 12.4. The molecule has 1 atom stereocenters. The first-order chi connectivity index (χ1) is 9.83. The maximum atomic E-state index is 12.4. The molecule has 0 aromatic heterocycles. The molecular weight excluding hydrogens is 260 g/mol. The fourth-order valence-corrected chi connectivity index (χ4v) is 2.48. The average Bonchev–Trinajstić information content (AvgIpc) is 2.43. The Bertz CT molecular complexity index is 650. The van der Waals surface area contributed by atoms with Gasteiger partial charge in [0.05, 0.1) is 5.56 Å². The topological polar surface area (TPSA) is 26.3 Å². The molecule has 0 spiro atoms. The minimum atomic E-state index is -0.479. The first-order valence-electron chi connectivity index (χ1n) is 7.58. The van der Waals surface area contributed by atoms with E-state index >= 15 is 0 Å². The molecule has 112 valence electrons. The van der Waals surface area contributed by atoms with Gasteiger partial charge in [0.2, 0.25) is 0 Å². The minimum Gasteiger partial charge on any atom is -0.456 e. The number of ether oxygens (including phenoxy) is 1. The summed E-state index contributed by atoms with van der Waals surface area (Å²) in [5, 5.41) is 2.12. The first-order valence-corrected chi connectivity index (χ1v) is 7.58. The highest BCUT2D eigenvalue weighted by Gasteiger charge is 2.20. The SMILES string of the molecule is CCC(C)c1ccc(C(=O)OC(C)(C)C)c2ccccc12. The Morgan fingerprint density at radius 2 is 1.71 bits per heavy atom. The predicted molar refractivity (Wildman–Crippen MR) is 87.8 cm³/mol. The summed E-state index contributed by atoms with van der Waals surface area (Å²) < 4.78 is 5.52. The van der Waals surface area contributed by atoms with Gasteiger partial charge in [0.25, 0.3) is 0 Å². The molecule has 0 saturated heterocycles. The number of fused-ring (bicyclic) bond motifs is 1. The van der Waals surface area contributed by atoms with Gasteiger partial charge in [0.15, 0.2) is 0 Å². The Balaban J connectivity index is 2.55. The fraction of sp³-hybridized carbons (Fsp3) is 0.421. The van der Waals surface area contributed by atoms with E-state index in [1.54, 1.807) is 0 Å². The number of benzene rings is 2. The molecule has 2 nitrogen and oxygen atoms in total. The van der Waals surface area contributed by atoms with Crippen LogP contribution in [0.1, 0.15) is 62.9 Å². The predicted octanol–water partition coefficient (Wildman–Crippen LogP) is 5.31. The van der Waals surface area contributed by atoms with E-state index in [9.17, 15) is 4.79 Å². The molecule has 0 bridgehead atoms. The molecule has 0 heterocycles. The maximum Gasteiger partial charge on any atom is 0.339 e. The number of carbonyl (C=O) groups excluding carboxylic acids is 1. The van der Waals surface area contributed by atoms with Crippen LogP contribution in [0, 0.1) is 0 Å². The summed E-state index contributed by atoms with van der Waals surface area (Å²) in [6.07, 6.45) is 1.08. The lowest BCUT2D eigenvalue weighted by Gasteiger charge is -2.21. The second-order valence-electron chi connectivity index (χ2n) is 6.56. The summed E-state index contributed by atoms with van der Waals surface area (Å²) in [6.45, 7) is 10.1. The van der Waals surface area contributed by atoms with Crippen LogP contribution in [0.5, 0.6) is 0 Å².